The van der Waals surface area contributed by atoms with Crippen LogP contribution in [0.15, 0.2) is 28.8 Å². The normalized spacial score (nSPS) is 10.8. The molecule has 0 fully saturated rings. The van der Waals surface area contributed by atoms with Crippen molar-refractivity contribution >= 4 is 11.3 Å². The Bertz CT molecular complexity index is 747. The Morgan fingerprint density at radius 2 is 1.90 bits per heavy atom. The number of thiazole rings is 1. The molecule has 0 saturated carbocycles. The predicted molar refractivity (Wildman–Crippen MR) is 80.7 cm³/mol. The van der Waals surface area contributed by atoms with Crippen molar-refractivity contribution in [3.05, 3.63) is 46.4 Å². The molecule has 0 N–H and O–H groups in total. The van der Waals surface area contributed by atoms with Gasteiger partial charge in [0.25, 0.3) is 5.89 Å². The molecule has 2 aromatic heterocycles. The lowest BCUT2D eigenvalue weighted by Gasteiger charge is -2.00. The molecule has 0 aliphatic rings. The zero-order chi connectivity index (χ0) is 14.8. The smallest absolute Gasteiger partial charge is 0.269 e. The van der Waals surface area contributed by atoms with E-state index in [0.29, 0.717) is 18.1 Å². The van der Waals surface area contributed by atoms with Gasteiger partial charge in [0, 0.05) is 6.42 Å². The molecule has 2 heterocycles. The molecule has 0 aliphatic carbocycles. The number of nitrogens with zero attached hydrogens (tertiary/aromatic N) is 3. The number of aryl methyl sites for hydroxylation is 2. The molecular formula is C15H15N3O2S. The molecule has 0 atom stereocenters. The quantitative estimate of drug-likeness (QED) is 0.739. The summed E-state index contributed by atoms with van der Waals surface area (Å²) in [6.45, 7) is 3.92. The van der Waals surface area contributed by atoms with Crippen LogP contribution >= 0.6 is 11.3 Å². The lowest BCUT2D eigenvalue weighted by Crippen LogP contribution is -1.91. The first-order valence-corrected chi connectivity index (χ1v) is 7.37. The van der Waals surface area contributed by atoms with Crippen LogP contribution in [0.5, 0.6) is 5.75 Å². The van der Waals surface area contributed by atoms with E-state index in [1.807, 2.05) is 38.1 Å². The van der Waals surface area contributed by atoms with E-state index in [1.165, 1.54) is 0 Å². The molecule has 0 unspecified atom stereocenters. The molecule has 21 heavy (non-hydrogen) atoms. The number of hydrogen-bond acceptors (Lipinski definition) is 6. The topological polar surface area (TPSA) is 61.0 Å². The summed E-state index contributed by atoms with van der Waals surface area (Å²) in [7, 11) is 1.65. The highest BCUT2D eigenvalue weighted by Gasteiger charge is 2.15. The fraction of sp³-hybridized carbons (Fsp3) is 0.267. The average molecular weight is 301 g/mol. The van der Waals surface area contributed by atoms with Crippen molar-refractivity contribution in [1.29, 1.82) is 0 Å². The summed E-state index contributed by atoms with van der Waals surface area (Å²) in [5.41, 5.74) is 2.04. The summed E-state index contributed by atoms with van der Waals surface area (Å²) >= 11 is 1.57. The Labute approximate surface area is 126 Å². The average Bonchev–Trinajstić information content (AvgIpc) is 3.06. The van der Waals surface area contributed by atoms with Crippen LogP contribution in [-0.4, -0.2) is 22.2 Å². The van der Waals surface area contributed by atoms with Crippen LogP contribution in [0.1, 0.15) is 22.1 Å². The van der Waals surface area contributed by atoms with Gasteiger partial charge in [-0.05, 0) is 31.5 Å². The molecule has 108 valence electrons. The van der Waals surface area contributed by atoms with Gasteiger partial charge in [-0.2, -0.15) is 4.98 Å². The molecule has 3 aromatic rings. The Balaban J connectivity index is 1.80. The standard InChI is InChI=1S/C15H15N3O2S/c1-9-14(21-10(2)16-9)15-17-13(18-20-15)8-11-4-6-12(19-3)7-5-11/h4-7H,8H2,1-3H3. The van der Waals surface area contributed by atoms with Crippen LogP contribution < -0.4 is 4.74 Å². The fourth-order valence-corrected chi connectivity index (χ4v) is 2.92. The number of rotatable bonds is 4. The molecule has 0 amide bonds. The van der Waals surface area contributed by atoms with Crippen LogP contribution in [0.2, 0.25) is 0 Å². The van der Waals surface area contributed by atoms with Crippen molar-refractivity contribution in [2.24, 2.45) is 0 Å². The maximum absolute atomic E-state index is 5.35. The van der Waals surface area contributed by atoms with Crippen molar-refractivity contribution in [1.82, 2.24) is 15.1 Å². The van der Waals surface area contributed by atoms with E-state index < -0.39 is 0 Å². The molecule has 0 bridgehead atoms. The second-order valence-electron chi connectivity index (χ2n) is 4.69. The zero-order valence-electron chi connectivity index (χ0n) is 12.1. The number of methoxy groups -OCH3 is 1. The first kappa shape index (κ1) is 13.8. The first-order chi connectivity index (χ1) is 10.2. The van der Waals surface area contributed by atoms with Crippen molar-refractivity contribution in [2.75, 3.05) is 7.11 Å². The van der Waals surface area contributed by atoms with E-state index in [-0.39, 0.29) is 0 Å². The van der Waals surface area contributed by atoms with Crippen LogP contribution in [0, 0.1) is 13.8 Å². The summed E-state index contributed by atoms with van der Waals surface area (Å²) in [5, 5.41) is 5.04. The van der Waals surface area contributed by atoms with Gasteiger partial charge >= 0.3 is 0 Å². The second-order valence-corrected chi connectivity index (χ2v) is 5.89. The van der Waals surface area contributed by atoms with Gasteiger partial charge in [-0.3, -0.25) is 0 Å². The summed E-state index contributed by atoms with van der Waals surface area (Å²) in [6.07, 6.45) is 0.629. The van der Waals surface area contributed by atoms with E-state index in [9.17, 15) is 0 Å². The lowest BCUT2D eigenvalue weighted by atomic mass is 10.1. The van der Waals surface area contributed by atoms with Gasteiger partial charge < -0.3 is 9.26 Å². The molecule has 0 aliphatic heterocycles. The number of hydrogen-bond donors (Lipinski definition) is 0. The van der Waals surface area contributed by atoms with Crippen LogP contribution in [0.3, 0.4) is 0 Å². The van der Waals surface area contributed by atoms with Gasteiger partial charge in [-0.15, -0.1) is 11.3 Å². The minimum atomic E-state index is 0.543. The summed E-state index contributed by atoms with van der Waals surface area (Å²) in [5.74, 6) is 2.05. The largest absolute Gasteiger partial charge is 0.497 e. The van der Waals surface area contributed by atoms with Crippen molar-refractivity contribution in [3.8, 4) is 16.5 Å². The third-order valence-corrected chi connectivity index (χ3v) is 4.15. The Hall–Kier alpha value is -2.21. The minimum Gasteiger partial charge on any atom is -0.497 e. The van der Waals surface area contributed by atoms with E-state index in [4.69, 9.17) is 9.26 Å². The molecule has 3 rings (SSSR count). The third-order valence-electron chi connectivity index (χ3n) is 3.09. The highest BCUT2D eigenvalue weighted by Crippen LogP contribution is 2.28. The predicted octanol–water partition coefficient (Wildman–Crippen LogP) is 3.41. The Kier molecular flexibility index (Phi) is 3.70. The lowest BCUT2D eigenvalue weighted by molar-refractivity contribution is 0.414. The van der Waals surface area contributed by atoms with Gasteiger partial charge in [0.15, 0.2) is 5.82 Å². The first-order valence-electron chi connectivity index (χ1n) is 6.55. The van der Waals surface area contributed by atoms with E-state index in [2.05, 4.69) is 15.1 Å². The fourth-order valence-electron chi connectivity index (χ4n) is 2.07. The molecule has 0 radical (unpaired) electrons. The van der Waals surface area contributed by atoms with E-state index in [1.54, 1.807) is 18.4 Å². The number of benzene rings is 1. The molecule has 6 heteroatoms. The van der Waals surface area contributed by atoms with Crippen molar-refractivity contribution in [3.63, 3.8) is 0 Å². The highest BCUT2D eigenvalue weighted by molar-refractivity contribution is 7.15. The second kappa shape index (κ2) is 5.65. The summed E-state index contributed by atoms with van der Waals surface area (Å²) in [6, 6.07) is 7.84. The third kappa shape index (κ3) is 2.95. The molecule has 0 saturated heterocycles. The van der Waals surface area contributed by atoms with Crippen LogP contribution in [0.25, 0.3) is 10.8 Å². The van der Waals surface area contributed by atoms with E-state index in [0.717, 1.165) is 26.9 Å². The van der Waals surface area contributed by atoms with Crippen molar-refractivity contribution in [2.45, 2.75) is 20.3 Å². The number of ether oxygens (including phenoxy) is 1. The molecule has 5 nitrogen and oxygen atoms in total. The minimum absolute atomic E-state index is 0.543. The maximum atomic E-state index is 5.35. The van der Waals surface area contributed by atoms with Gasteiger partial charge in [0.1, 0.15) is 10.6 Å². The SMILES string of the molecule is COc1ccc(Cc2noc(-c3sc(C)nc3C)n2)cc1. The Morgan fingerprint density at radius 3 is 2.52 bits per heavy atom. The maximum Gasteiger partial charge on any atom is 0.269 e. The van der Waals surface area contributed by atoms with Crippen molar-refractivity contribution < 1.29 is 9.26 Å². The molecular weight excluding hydrogens is 286 g/mol. The van der Waals surface area contributed by atoms with Gasteiger partial charge in [-0.1, -0.05) is 17.3 Å². The Morgan fingerprint density at radius 1 is 1.14 bits per heavy atom. The van der Waals surface area contributed by atoms with Crippen LogP contribution in [0.4, 0.5) is 0 Å². The van der Waals surface area contributed by atoms with Gasteiger partial charge in [0.2, 0.25) is 0 Å². The number of aromatic nitrogens is 3. The highest BCUT2D eigenvalue weighted by atomic mass is 32.1. The van der Waals surface area contributed by atoms with Crippen LogP contribution in [-0.2, 0) is 6.42 Å². The van der Waals surface area contributed by atoms with E-state index >= 15 is 0 Å². The molecule has 0 spiro atoms. The summed E-state index contributed by atoms with van der Waals surface area (Å²) < 4.78 is 10.5. The van der Waals surface area contributed by atoms with Gasteiger partial charge in [0.05, 0.1) is 17.8 Å². The van der Waals surface area contributed by atoms with Gasteiger partial charge in [-0.25, -0.2) is 4.98 Å². The molecule has 1 aromatic carbocycles. The summed E-state index contributed by atoms with van der Waals surface area (Å²) in [4.78, 5) is 9.78. The zero-order valence-corrected chi connectivity index (χ0v) is 12.9. The monoisotopic (exact) mass is 301 g/mol.